The fourth-order valence-electron chi connectivity index (χ4n) is 1.54. The molecule has 0 aromatic carbocycles. The lowest BCUT2D eigenvalue weighted by atomic mass is 9.77. The van der Waals surface area contributed by atoms with Crippen molar-refractivity contribution >= 4 is 5.97 Å². The van der Waals surface area contributed by atoms with E-state index in [9.17, 15) is 4.79 Å². The normalized spacial score (nSPS) is 15.2. The molecule has 108 valence electrons. The molecular weight excluding hydrogens is 228 g/mol. The van der Waals surface area contributed by atoms with Gasteiger partial charge in [0.05, 0.1) is 6.61 Å². The standard InChI is InChI=1S/C15H30O3/c1-7-9-10-12-17-13(16)15(6,14(3,4)5)18-11-8-2/h7-12H2,1-6H3. The molecule has 0 spiro atoms. The van der Waals surface area contributed by atoms with Crippen LogP contribution in [0.1, 0.15) is 67.2 Å². The molecule has 0 bridgehead atoms. The summed E-state index contributed by atoms with van der Waals surface area (Å²) in [6.45, 7) is 13.1. The van der Waals surface area contributed by atoms with Gasteiger partial charge >= 0.3 is 5.97 Å². The van der Waals surface area contributed by atoms with Gasteiger partial charge in [-0.2, -0.15) is 0 Å². The van der Waals surface area contributed by atoms with Crippen molar-refractivity contribution in [3.8, 4) is 0 Å². The van der Waals surface area contributed by atoms with E-state index < -0.39 is 5.60 Å². The number of unbranched alkanes of at least 4 members (excludes halogenated alkanes) is 2. The number of carbonyl (C=O) groups is 1. The summed E-state index contributed by atoms with van der Waals surface area (Å²) in [5.74, 6) is -0.237. The fourth-order valence-corrected chi connectivity index (χ4v) is 1.54. The third kappa shape index (κ3) is 4.97. The molecule has 0 aromatic heterocycles. The second kappa shape index (κ2) is 7.78. The molecule has 0 aromatic rings. The summed E-state index contributed by atoms with van der Waals surface area (Å²) in [7, 11) is 0. The first-order valence-corrected chi connectivity index (χ1v) is 7.10. The van der Waals surface area contributed by atoms with E-state index in [2.05, 4.69) is 6.92 Å². The van der Waals surface area contributed by atoms with Crippen LogP contribution in [0.2, 0.25) is 0 Å². The summed E-state index contributed by atoms with van der Waals surface area (Å²) in [4.78, 5) is 12.2. The molecule has 0 aliphatic carbocycles. The highest BCUT2D eigenvalue weighted by atomic mass is 16.6. The first-order chi connectivity index (χ1) is 8.29. The van der Waals surface area contributed by atoms with E-state index >= 15 is 0 Å². The molecule has 0 heterocycles. The van der Waals surface area contributed by atoms with Crippen LogP contribution in [0.3, 0.4) is 0 Å². The molecule has 0 aliphatic rings. The predicted octanol–water partition coefficient (Wildman–Crippen LogP) is 3.95. The Hall–Kier alpha value is -0.570. The van der Waals surface area contributed by atoms with Gasteiger partial charge in [-0.05, 0) is 19.8 Å². The van der Waals surface area contributed by atoms with E-state index in [-0.39, 0.29) is 11.4 Å². The van der Waals surface area contributed by atoms with Crippen molar-refractivity contribution in [2.75, 3.05) is 13.2 Å². The SMILES string of the molecule is CCCCCOC(=O)C(C)(OCCC)C(C)(C)C. The maximum atomic E-state index is 12.2. The number of carbonyl (C=O) groups excluding carboxylic acids is 1. The maximum absolute atomic E-state index is 12.2. The first-order valence-electron chi connectivity index (χ1n) is 7.10. The highest BCUT2D eigenvalue weighted by Gasteiger charge is 2.46. The minimum absolute atomic E-state index is 0.237. The highest BCUT2D eigenvalue weighted by Crippen LogP contribution is 2.35. The summed E-state index contributed by atoms with van der Waals surface area (Å²) in [5.41, 5.74) is -1.14. The monoisotopic (exact) mass is 258 g/mol. The molecule has 1 unspecified atom stereocenters. The molecule has 1 atom stereocenters. The van der Waals surface area contributed by atoms with Crippen molar-refractivity contribution in [2.45, 2.75) is 72.8 Å². The molecule has 0 rings (SSSR count). The van der Waals surface area contributed by atoms with Crippen LogP contribution in [0.5, 0.6) is 0 Å². The Bertz CT molecular complexity index is 243. The van der Waals surface area contributed by atoms with E-state index in [1.165, 1.54) is 0 Å². The van der Waals surface area contributed by atoms with Crippen LogP contribution in [0.15, 0.2) is 0 Å². The molecule has 3 nitrogen and oxygen atoms in total. The molecule has 0 fully saturated rings. The molecule has 0 saturated heterocycles. The van der Waals surface area contributed by atoms with Gasteiger partial charge < -0.3 is 9.47 Å². The molecule has 3 heteroatoms. The van der Waals surface area contributed by atoms with Crippen molar-refractivity contribution in [3.63, 3.8) is 0 Å². The van der Waals surface area contributed by atoms with Gasteiger partial charge in [-0.15, -0.1) is 0 Å². The lowest BCUT2D eigenvalue weighted by molar-refractivity contribution is -0.186. The van der Waals surface area contributed by atoms with Crippen molar-refractivity contribution in [2.24, 2.45) is 5.41 Å². The Morgan fingerprint density at radius 3 is 2.00 bits per heavy atom. The number of esters is 1. The van der Waals surface area contributed by atoms with Crippen LogP contribution >= 0.6 is 0 Å². The number of hydrogen-bond donors (Lipinski definition) is 0. The number of ether oxygens (including phenoxy) is 2. The smallest absolute Gasteiger partial charge is 0.338 e. The lowest BCUT2D eigenvalue weighted by Gasteiger charge is -2.39. The quantitative estimate of drug-likeness (QED) is 0.488. The van der Waals surface area contributed by atoms with Crippen molar-refractivity contribution < 1.29 is 14.3 Å². The van der Waals surface area contributed by atoms with Gasteiger partial charge in [0.15, 0.2) is 5.60 Å². The maximum Gasteiger partial charge on any atom is 0.338 e. The van der Waals surface area contributed by atoms with Gasteiger partial charge in [0.1, 0.15) is 0 Å². The van der Waals surface area contributed by atoms with Crippen LogP contribution in [-0.2, 0) is 14.3 Å². The average Bonchev–Trinajstić information content (AvgIpc) is 2.29. The first kappa shape index (κ1) is 17.4. The van der Waals surface area contributed by atoms with Gasteiger partial charge in [-0.3, -0.25) is 0 Å². The largest absolute Gasteiger partial charge is 0.464 e. The Morgan fingerprint density at radius 2 is 1.56 bits per heavy atom. The van der Waals surface area contributed by atoms with Crippen molar-refractivity contribution in [1.82, 2.24) is 0 Å². The fraction of sp³-hybridized carbons (Fsp3) is 0.933. The number of rotatable bonds is 8. The zero-order valence-electron chi connectivity index (χ0n) is 13.0. The van der Waals surface area contributed by atoms with Crippen molar-refractivity contribution in [3.05, 3.63) is 0 Å². The predicted molar refractivity (Wildman–Crippen MR) is 74.6 cm³/mol. The zero-order chi connectivity index (χ0) is 14.2. The molecule has 0 aliphatic heterocycles. The molecule has 0 N–H and O–H groups in total. The topological polar surface area (TPSA) is 35.5 Å². The summed E-state index contributed by atoms with van der Waals surface area (Å²) in [6.07, 6.45) is 4.04. The van der Waals surface area contributed by atoms with Gasteiger partial charge in [0, 0.05) is 12.0 Å². The molecule has 0 radical (unpaired) electrons. The Morgan fingerprint density at radius 1 is 0.944 bits per heavy atom. The summed E-state index contributed by atoms with van der Waals surface area (Å²) < 4.78 is 11.2. The van der Waals surface area contributed by atoms with E-state index in [0.29, 0.717) is 13.2 Å². The Kier molecular flexibility index (Phi) is 7.53. The summed E-state index contributed by atoms with van der Waals surface area (Å²) >= 11 is 0. The molecular formula is C15H30O3. The highest BCUT2D eigenvalue weighted by molar-refractivity contribution is 5.80. The van der Waals surface area contributed by atoms with Crippen LogP contribution in [0.4, 0.5) is 0 Å². The summed E-state index contributed by atoms with van der Waals surface area (Å²) in [6, 6.07) is 0. The summed E-state index contributed by atoms with van der Waals surface area (Å²) in [5, 5.41) is 0. The third-order valence-electron chi connectivity index (χ3n) is 3.40. The Balaban J connectivity index is 4.51. The second-order valence-electron chi connectivity index (χ2n) is 5.97. The molecule has 18 heavy (non-hydrogen) atoms. The third-order valence-corrected chi connectivity index (χ3v) is 3.40. The van der Waals surface area contributed by atoms with E-state index in [4.69, 9.17) is 9.47 Å². The zero-order valence-corrected chi connectivity index (χ0v) is 13.0. The van der Waals surface area contributed by atoms with Crippen LogP contribution in [0.25, 0.3) is 0 Å². The molecule has 0 saturated carbocycles. The average molecular weight is 258 g/mol. The van der Waals surface area contributed by atoms with Crippen molar-refractivity contribution in [1.29, 1.82) is 0 Å². The van der Waals surface area contributed by atoms with Gasteiger partial charge in [0.2, 0.25) is 0 Å². The minimum atomic E-state index is -0.866. The lowest BCUT2D eigenvalue weighted by Crippen LogP contribution is -2.51. The van der Waals surface area contributed by atoms with Gasteiger partial charge in [0.25, 0.3) is 0 Å². The van der Waals surface area contributed by atoms with Gasteiger partial charge in [-0.1, -0.05) is 47.5 Å². The van der Waals surface area contributed by atoms with Crippen LogP contribution in [0, 0.1) is 5.41 Å². The van der Waals surface area contributed by atoms with Crippen LogP contribution < -0.4 is 0 Å². The molecule has 0 amide bonds. The Labute approximate surface area is 112 Å². The second-order valence-corrected chi connectivity index (χ2v) is 5.97. The van der Waals surface area contributed by atoms with E-state index in [1.54, 1.807) is 0 Å². The van der Waals surface area contributed by atoms with Gasteiger partial charge in [-0.25, -0.2) is 4.79 Å². The van der Waals surface area contributed by atoms with Crippen LogP contribution in [-0.4, -0.2) is 24.8 Å². The number of hydrogen-bond acceptors (Lipinski definition) is 3. The minimum Gasteiger partial charge on any atom is -0.464 e. The van der Waals surface area contributed by atoms with E-state index in [0.717, 1.165) is 25.7 Å². The van der Waals surface area contributed by atoms with E-state index in [1.807, 2.05) is 34.6 Å².